The smallest absolute Gasteiger partial charge is 0.225 e. The largest absolute Gasteiger partial charge is 0.436 e. The van der Waals surface area contributed by atoms with Crippen LogP contribution >= 0.6 is 11.6 Å². The third-order valence-electron chi connectivity index (χ3n) is 8.74. The quantitative estimate of drug-likeness (QED) is 0.293. The number of amides is 1. The first kappa shape index (κ1) is 34.9. The number of hydrogen-bond donors (Lipinski definition) is 1. The molecule has 11 nitrogen and oxygen atoms in total. The number of halogens is 2. The summed E-state index contributed by atoms with van der Waals surface area (Å²) >= 11 is 6.18. The number of carbonyl (C=O) groups excluding carboxylic acids is 1. The molecule has 1 unspecified atom stereocenters. The van der Waals surface area contributed by atoms with E-state index in [9.17, 15) is 17.6 Å². The Morgan fingerprint density at radius 1 is 1.06 bits per heavy atom. The van der Waals surface area contributed by atoms with E-state index in [-0.39, 0.29) is 22.7 Å². The van der Waals surface area contributed by atoms with Crippen LogP contribution in [0.5, 0.6) is 11.6 Å². The molecule has 2 saturated heterocycles. The Morgan fingerprint density at radius 2 is 1.77 bits per heavy atom. The normalized spacial score (nSPS) is 17.4. The van der Waals surface area contributed by atoms with Gasteiger partial charge in [-0.1, -0.05) is 11.6 Å². The molecule has 2 aliphatic heterocycles. The van der Waals surface area contributed by atoms with E-state index in [0.717, 1.165) is 57.7 Å². The number of benzene rings is 1. The highest BCUT2D eigenvalue weighted by atomic mass is 35.5. The van der Waals surface area contributed by atoms with Crippen LogP contribution in [0.4, 0.5) is 10.3 Å². The van der Waals surface area contributed by atoms with Gasteiger partial charge in [-0.05, 0) is 75.0 Å². The topological polar surface area (TPSA) is 121 Å². The minimum atomic E-state index is -2.98. The molecule has 3 aromatic rings. The molecule has 1 amide bonds. The fourth-order valence-corrected chi connectivity index (χ4v) is 7.01. The van der Waals surface area contributed by atoms with Gasteiger partial charge in [0.1, 0.15) is 15.7 Å². The van der Waals surface area contributed by atoms with E-state index < -0.39 is 15.7 Å². The summed E-state index contributed by atoms with van der Waals surface area (Å²) in [5.41, 5.74) is 2.06. The minimum Gasteiger partial charge on any atom is -0.436 e. The Hall–Kier alpha value is -3.39. The average molecular weight is 688 g/mol. The monoisotopic (exact) mass is 687 g/mol. The van der Waals surface area contributed by atoms with Crippen molar-refractivity contribution in [2.24, 2.45) is 5.92 Å². The van der Waals surface area contributed by atoms with Gasteiger partial charge in [0.25, 0.3) is 0 Å². The summed E-state index contributed by atoms with van der Waals surface area (Å²) in [4.78, 5) is 31.9. The molecular formula is C33H43ClFN7O4S. The third kappa shape index (κ3) is 10.6. The number of pyridine rings is 1. The Kier molecular flexibility index (Phi) is 11.6. The highest BCUT2D eigenvalue weighted by molar-refractivity contribution is 7.90. The Labute approximate surface area is 281 Å². The molecule has 2 aromatic heterocycles. The Balaban J connectivity index is 1.25. The van der Waals surface area contributed by atoms with Crippen molar-refractivity contribution in [1.29, 1.82) is 0 Å². The summed E-state index contributed by atoms with van der Waals surface area (Å²) in [6.45, 7) is 9.82. The van der Waals surface area contributed by atoms with Crippen molar-refractivity contribution in [3.8, 4) is 22.9 Å². The molecule has 1 atom stereocenters. The van der Waals surface area contributed by atoms with Crippen LogP contribution in [0.1, 0.15) is 38.7 Å². The first-order valence-electron chi connectivity index (χ1n) is 16.0. The van der Waals surface area contributed by atoms with Gasteiger partial charge in [-0.25, -0.2) is 27.8 Å². The summed E-state index contributed by atoms with van der Waals surface area (Å²) in [5.74, 6) is 1.55. The van der Waals surface area contributed by atoms with E-state index in [0.29, 0.717) is 54.3 Å². The minimum absolute atomic E-state index is 0.00454. The average Bonchev–Trinajstić information content (AvgIpc) is 3.03. The van der Waals surface area contributed by atoms with Gasteiger partial charge in [0.15, 0.2) is 5.75 Å². The molecule has 2 fully saturated rings. The number of nitrogens with zero attached hydrogens (tertiary/aromatic N) is 6. The highest BCUT2D eigenvalue weighted by Gasteiger charge is 2.24. The first-order chi connectivity index (χ1) is 22.4. The van der Waals surface area contributed by atoms with Crippen LogP contribution in [0.25, 0.3) is 11.3 Å². The molecule has 2 aliphatic rings. The van der Waals surface area contributed by atoms with Crippen LogP contribution < -0.4 is 15.0 Å². The zero-order valence-corrected chi connectivity index (χ0v) is 28.7. The lowest BCUT2D eigenvalue weighted by Gasteiger charge is -2.38. The number of ether oxygens (including phenoxy) is 1. The summed E-state index contributed by atoms with van der Waals surface area (Å²) in [5, 5.41) is 3.21. The van der Waals surface area contributed by atoms with E-state index in [2.05, 4.69) is 41.9 Å². The SMILES string of the molecule is CC(=O)NCC1CCN(Cc2cc(Oc3cnc(N4CCN(C(C)CCS(C)(=O)=O)CC4)nc3)nc(-c3cc(F)cc(Cl)c3)c2)CC1. The van der Waals surface area contributed by atoms with Gasteiger partial charge in [0, 0.05) is 75.1 Å². The molecule has 254 valence electrons. The first-order valence-corrected chi connectivity index (χ1v) is 18.4. The van der Waals surface area contributed by atoms with Crippen molar-refractivity contribution >= 4 is 33.3 Å². The summed E-state index contributed by atoms with van der Waals surface area (Å²) in [6.07, 6.45) is 7.11. The maximum Gasteiger partial charge on any atom is 0.225 e. The van der Waals surface area contributed by atoms with Gasteiger partial charge in [-0.15, -0.1) is 0 Å². The van der Waals surface area contributed by atoms with Crippen LogP contribution in [0.2, 0.25) is 5.02 Å². The van der Waals surface area contributed by atoms with Crippen LogP contribution in [-0.4, -0.2) is 103 Å². The fourth-order valence-electron chi connectivity index (χ4n) is 6.02. The summed E-state index contributed by atoms with van der Waals surface area (Å²) in [6, 6.07) is 8.34. The van der Waals surface area contributed by atoms with Crippen LogP contribution in [-0.2, 0) is 21.2 Å². The number of nitrogens with one attached hydrogen (secondary N) is 1. The molecule has 1 aromatic carbocycles. The molecule has 0 radical (unpaired) electrons. The number of piperazine rings is 1. The van der Waals surface area contributed by atoms with E-state index in [1.54, 1.807) is 25.4 Å². The summed E-state index contributed by atoms with van der Waals surface area (Å²) < 4.78 is 43.6. The fraction of sp³-hybridized carbons (Fsp3) is 0.515. The number of rotatable bonds is 12. The molecule has 1 N–H and O–H groups in total. The number of aromatic nitrogens is 3. The predicted octanol–water partition coefficient (Wildman–Crippen LogP) is 4.42. The lowest BCUT2D eigenvalue weighted by Crippen LogP contribution is -2.50. The molecule has 4 heterocycles. The molecular weight excluding hydrogens is 645 g/mol. The zero-order valence-electron chi connectivity index (χ0n) is 27.2. The van der Waals surface area contributed by atoms with Gasteiger partial charge in [-0.3, -0.25) is 14.6 Å². The molecule has 5 rings (SSSR count). The standard InChI is InChI=1S/C33H43ClFN7O4S/c1-23(6-13-47(3,44)45)41-9-11-42(12-10-41)33-37-20-30(21-38-33)46-32-15-26(14-31(39-32)27-16-28(34)18-29(35)17-27)22-40-7-4-25(5-8-40)19-36-24(2)43/h14-18,20-21,23,25H,4-13,19,22H2,1-3H3,(H,36,43). The second-order valence-corrected chi connectivity index (χ2v) is 15.3. The van der Waals surface area contributed by atoms with E-state index in [1.165, 1.54) is 18.4 Å². The van der Waals surface area contributed by atoms with Crippen LogP contribution in [0.15, 0.2) is 42.7 Å². The number of piperidine rings is 1. The summed E-state index contributed by atoms with van der Waals surface area (Å²) in [7, 11) is -2.98. The molecule has 14 heteroatoms. The molecule has 0 bridgehead atoms. The number of carbonyl (C=O) groups is 1. The van der Waals surface area contributed by atoms with Gasteiger partial charge >= 0.3 is 0 Å². The van der Waals surface area contributed by atoms with E-state index >= 15 is 0 Å². The number of hydrogen-bond acceptors (Lipinski definition) is 10. The lowest BCUT2D eigenvalue weighted by atomic mass is 9.96. The van der Waals surface area contributed by atoms with Crippen molar-refractivity contribution in [2.75, 3.05) is 62.7 Å². The Morgan fingerprint density at radius 3 is 2.40 bits per heavy atom. The van der Waals surface area contributed by atoms with Gasteiger partial charge in [-0.2, -0.15) is 0 Å². The second-order valence-electron chi connectivity index (χ2n) is 12.6. The highest BCUT2D eigenvalue weighted by Crippen LogP contribution is 2.30. The van der Waals surface area contributed by atoms with Crippen molar-refractivity contribution in [3.05, 3.63) is 59.1 Å². The number of likely N-dealkylation sites (tertiary alicyclic amines) is 1. The maximum absolute atomic E-state index is 14.3. The molecule has 0 aliphatic carbocycles. The third-order valence-corrected chi connectivity index (χ3v) is 9.93. The second kappa shape index (κ2) is 15.7. The van der Waals surface area contributed by atoms with E-state index in [1.807, 2.05) is 12.1 Å². The van der Waals surface area contributed by atoms with Crippen molar-refractivity contribution in [2.45, 2.75) is 45.7 Å². The predicted molar refractivity (Wildman–Crippen MR) is 181 cm³/mol. The van der Waals surface area contributed by atoms with Crippen molar-refractivity contribution in [1.82, 2.24) is 30.1 Å². The number of sulfone groups is 1. The van der Waals surface area contributed by atoms with Gasteiger partial charge in [0.05, 0.1) is 23.8 Å². The van der Waals surface area contributed by atoms with Gasteiger partial charge < -0.3 is 15.0 Å². The lowest BCUT2D eigenvalue weighted by molar-refractivity contribution is -0.119. The molecule has 0 spiro atoms. The van der Waals surface area contributed by atoms with Crippen LogP contribution in [0, 0.1) is 11.7 Å². The van der Waals surface area contributed by atoms with Crippen LogP contribution in [0.3, 0.4) is 0 Å². The molecule has 47 heavy (non-hydrogen) atoms. The van der Waals surface area contributed by atoms with Gasteiger partial charge in [0.2, 0.25) is 17.7 Å². The van der Waals surface area contributed by atoms with Crippen molar-refractivity contribution < 1.29 is 22.3 Å². The molecule has 0 saturated carbocycles. The Bertz CT molecular complexity index is 1610. The zero-order chi connectivity index (χ0) is 33.6. The van der Waals surface area contributed by atoms with Crippen molar-refractivity contribution in [3.63, 3.8) is 0 Å². The van der Waals surface area contributed by atoms with E-state index in [4.69, 9.17) is 16.3 Å². The maximum atomic E-state index is 14.3. The number of anilines is 1.